The van der Waals surface area contributed by atoms with Crippen molar-refractivity contribution in [3.63, 3.8) is 0 Å². The SMILES string of the molecule is Cc1cc(F)ccc1CNCCCOCC1CCCO1. The van der Waals surface area contributed by atoms with Crippen LogP contribution in [-0.4, -0.2) is 32.5 Å². The van der Waals surface area contributed by atoms with E-state index in [1.165, 1.54) is 6.07 Å². The van der Waals surface area contributed by atoms with Crippen LogP contribution in [0.4, 0.5) is 4.39 Å². The topological polar surface area (TPSA) is 30.5 Å². The lowest BCUT2D eigenvalue weighted by Gasteiger charge is -2.11. The van der Waals surface area contributed by atoms with Crippen LogP contribution >= 0.6 is 0 Å². The minimum absolute atomic E-state index is 0.172. The number of halogens is 1. The monoisotopic (exact) mass is 281 g/mol. The van der Waals surface area contributed by atoms with Crippen molar-refractivity contribution in [3.8, 4) is 0 Å². The molecule has 1 aromatic rings. The van der Waals surface area contributed by atoms with Crippen LogP contribution in [0.1, 0.15) is 30.4 Å². The normalized spacial score (nSPS) is 18.6. The summed E-state index contributed by atoms with van der Waals surface area (Å²) in [4.78, 5) is 0. The summed E-state index contributed by atoms with van der Waals surface area (Å²) in [6.45, 7) is 5.98. The summed E-state index contributed by atoms with van der Waals surface area (Å²) in [5.74, 6) is -0.172. The lowest BCUT2D eigenvalue weighted by Crippen LogP contribution is -2.19. The summed E-state index contributed by atoms with van der Waals surface area (Å²) in [5, 5.41) is 3.36. The summed E-state index contributed by atoms with van der Waals surface area (Å²) in [6, 6.07) is 4.92. The van der Waals surface area contributed by atoms with Gasteiger partial charge in [0, 0.05) is 19.8 Å². The van der Waals surface area contributed by atoms with Crippen molar-refractivity contribution in [3.05, 3.63) is 35.1 Å². The minimum atomic E-state index is -0.172. The van der Waals surface area contributed by atoms with Crippen LogP contribution in [0.25, 0.3) is 0 Å². The molecular weight excluding hydrogens is 257 g/mol. The van der Waals surface area contributed by atoms with Gasteiger partial charge in [0.05, 0.1) is 12.7 Å². The van der Waals surface area contributed by atoms with E-state index in [4.69, 9.17) is 9.47 Å². The fourth-order valence-electron chi connectivity index (χ4n) is 2.37. The molecule has 0 radical (unpaired) electrons. The van der Waals surface area contributed by atoms with E-state index in [2.05, 4.69) is 5.32 Å². The van der Waals surface area contributed by atoms with E-state index in [1.807, 2.05) is 13.0 Å². The van der Waals surface area contributed by atoms with E-state index in [-0.39, 0.29) is 5.82 Å². The summed E-state index contributed by atoms with van der Waals surface area (Å²) in [5.41, 5.74) is 2.14. The average molecular weight is 281 g/mol. The second kappa shape index (κ2) is 8.35. The maximum atomic E-state index is 13.0. The Bertz CT molecular complexity index is 405. The molecule has 4 heteroatoms. The molecule has 20 heavy (non-hydrogen) atoms. The second-order valence-electron chi connectivity index (χ2n) is 5.31. The van der Waals surface area contributed by atoms with Gasteiger partial charge in [-0.1, -0.05) is 6.07 Å². The van der Waals surface area contributed by atoms with Gasteiger partial charge < -0.3 is 14.8 Å². The summed E-state index contributed by atoms with van der Waals surface area (Å²) < 4.78 is 24.0. The highest BCUT2D eigenvalue weighted by Crippen LogP contribution is 2.12. The van der Waals surface area contributed by atoms with E-state index in [0.717, 1.165) is 63.3 Å². The molecular formula is C16H24FNO2. The predicted molar refractivity (Wildman–Crippen MR) is 77.3 cm³/mol. The van der Waals surface area contributed by atoms with E-state index in [9.17, 15) is 4.39 Å². The molecule has 1 unspecified atom stereocenters. The Balaban J connectivity index is 1.50. The van der Waals surface area contributed by atoms with Gasteiger partial charge in [-0.3, -0.25) is 0 Å². The first-order valence-corrected chi connectivity index (χ1v) is 7.41. The molecule has 0 saturated carbocycles. The number of benzene rings is 1. The molecule has 112 valence electrons. The smallest absolute Gasteiger partial charge is 0.123 e. The Labute approximate surface area is 120 Å². The molecule has 1 N–H and O–H groups in total. The number of hydrogen-bond acceptors (Lipinski definition) is 3. The minimum Gasteiger partial charge on any atom is -0.379 e. The first-order chi connectivity index (χ1) is 9.75. The van der Waals surface area contributed by atoms with Crippen LogP contribution in [-0.2, 0) is 16.0 Å². The highest BCUT2D eigenvalue weighted by atomic mass is 19.1. The Morgan fingerprint density at radius 3 is 3.10 bits per heavy atom. The highest BCUT2D eigenvalue weighted by Gasteiger charge is 2.14. The van der Waals surface area contributed by atoms with E-state index in [0.29, 0.717) is 6.10 Å². The van der Waals surface area contributed by atoms with Crippen molar-refractivity contribution < 1.29 is 13.9 Å². The van der Waals surface area contributed by atoms with Crippen LogP contribution < -0.4 is 5.32 Å². The average Bonchev–Trinajstić information content (AvgIpc) is 2.93. The lowest BCUT2D eigenvalue weighted by atomic mass is 10.1. The standard InChI is InChI=1S/C16H24FNO2/c1-13-10-15(17)6-5-14(13)11-18-7-3-8-19-12-16-4-2-9-20-16/h5-6,10,16,18H,2-4,7-9,11-12H2,1H3. The largest absolute Gasteiger partial charge is 0.379 e. The molecule has 1 aliphatic heterocycles. The van der Waals surface area contributed by atoms with Gasteiger partial charge in [-0.25, -0.2) is 4.39 Å². The number of ether oxygens (including phenoxy) is 2. The molecule has 0 bridgehead atoms. The summed E-state index contributed by atoms with van der Waals surface area (Å²) in [7, 11) is 0. The number of aryl methyl sites for hydroxylation is 1. The van der Waals surface area contributed by atoms with Gasteiger partial charge in [-0.2, -0.15) is 0 Å². The van der Waals surface area contributed by atoms with E-state index in [1.54, 1.807) is 6.07 Å². The summed E-state index contributed by atoms with van der Waals surface area (Å²) >= 11 is 0. The molecule has 1 aromatic carbocycles. The number of hydrogen-bond donors (Lipinski definition) is 1. The van der Waals surface area contributed by atoms with Crippen LogP contribution in [0.3, 0.4) is 0 Å². The van der Waals surface area contributed by atoms with Crippen molar-refractivity contribution in [2.24, 2.45) is 0 Å². The van der Waals surface area contributed by atoms with Crippen molar-refractivity contribution in [2.45, 2.75) is 38.8 Å². The first-order valence-electron chi connectivity index (χ1n) is 7.41. The lowest BCUT2D eigenvalue weighted by molar-refractivity contribution is 0.0166. The maximum Gasteiger partial charge on any atom is 0.123 e. The third-order valence-electron chi connectivity index (χ3n) is 3.59. The zero-order valence-corrected chi connectivity index (χ0v) is 12.2. The zero-order valence-electron chi connectivity index (χ0n) is 12.2. The molecule has 0 amide bonds. The highest BCUT2D eigenvalue weighted by molar-refractivity contribution is 5.26. The van der Waals surface area contributed by atoms with Crippen molar-refractivity contribution in [2.75, 3.05) is 26.4 Å². The fourth-order valence-corrected chi connectivity index (χ4v) is 2.37. The Kier molecular flexibility index (Phi) is 6.43. The third-order valence-corrected chi connectivity index (χ3v) is 3.59. The number of nitrogens with one attached hydrogen (secondary N) is 1. The zero-order chi connectivity index (χ0) is 14.2. The van der Waals surface area contributed by atoms with Crippen LogP contribution in [0.5, 0.6) is 0 Å². The molecule has 1 aliphatic rings. The van der Waals surface area contributed by atoms with Gasteiger partial charge in [0.1, 0.15) is 5.82 Å². The van der Waals surface area contributed by atoms with E-state index >= 15 is 0 Å². The molecule has 2 rings (SSSR count). The molecule has 0 aromatic heterocycles. The van der Waals surface area contributed by atoms with Gasteiger partial charge in [-0.05, 0) is 56.0 Å². The molecule has 1 atom stereocenters. The van der Waals surface area contributed by atoms with E-state index < -0.39 is 0 Å². The Morgan fingerprint density at radius 2 is 2.35 bits per heavy atom. The molecule has 3 nitrogen and oxygen atoms in total. The molecule has 0 aliphatic carbocycles. The Hall–Kier alpha value is -0.970. The van der Waals surface area contributed by atoms with Crippen LogP contribution in [0, 0.1) is 12.7 Å². The van der Waals surface area contributed by atoms with Gasteiger partial charge in [-0.15, -0.1) is 0 Å². The number of rotatable bonds is 8. The third kappa shape index (κ3) is 5.19. The van der Waals surface area contributed by atoms with Crippen molar-refractivity contribution in [1.29, 1.82) is 0 Å². The van der Waals surface area contributed by atoms with Gasteiger partial charge in [0.15, 0.2) is 0 Å². The van der Waals surface area contributed by atoms with Gasteiger partial charge >= 0.3 is 0 Å². The predicted octanol–water partition coefficient (Wildman–Crippen LogP) is 2.81. The van der Waals surface area contributed by atoms with Crippen molar-refractivity contribution >= 4 is 0 Å². The Morgan fingerprint density at radius 1 is 1.45 bits per heavy atom. The molecule has 1 heterocycles. The first kappa shape index (κ1) is 15.4. The van der Waals surface area contributed by atoms with Crippen LogP contribution in [0.15, 0.2) is 18.2 Å². The van der Waals surface area contributed by atoms with Gasteiger partial charge in [0.2, 0.25) is 0 Å². The van der Waals surface area contributed by atoms with Crippen molar-refractivity contribution in [1.82, 2.24) is 5.32 Å². The molecule has 0 spiro atoms. The second-order valence-corrected chi connectivity index (χ2v) is 5.31. The molecule has 1 saturated heterocycles. The summed E-state index contributed by atoms with van der Waals surface area (Å²) in [6.07, 6.45) is 3.58. The van der Waals surface area contributed by atoms with Gasteiger partial charge in [0.25, 0.3) is 0 Å². The maximum absolute atomic E-state index is 13.0. The fraction of sp³-hybridized carbons (Fsp3) is 0.625. The quantitative estimate of drug-likeness (QED) is 0.743. The van der Waals surface area contributed by atoms with Crippen LogP contribution in [0.2, 0.25) is 0 Å². The molecule has 1 fully saturated rings.